The van der Waals surface area contributed by atoms with E-state index in [-0.39, 0.29) is 6.04 Å². The van der Waals surface area contributed by atoms with E-state index < -0.39 is 0 Å². The van der Waals surface area contributed by atoms with Gasteiger partial charge in [0.25, 0.3) is 0 Å². The second-order valence-corrected chi connectivity index (χ2v) is 4.70. The molecule has 0 aliphatic heterocycles. The van der Waals surface area contributed by atoms with E-state index in [9.17, 15) is 0 Å². The fourth-order valence-electron chi connectivity index (χ4n) is 1.10. The van der Waals surface area contributed by atoms with E-state index in [2.05, 4.69) is 29.8 Å². The Morgan fingerprint density at radius 2 is 2.00 bits per heavy atom. The lowest BCUT2D eigenvalue weighted by Crippen LogP contribution is -2.16. The Morgan fingerprint density at radius 3 is 2.46 bits per heavy atom. The van der Waals surface area contributed by atoms with Crippen molar-refractivity contribution in [1.82, 2.24) is 0 Å². The number of hydrogen-bond acceptors (Lipinski definition) is 1. The summed E-state index contributed by atoms with van der Waals surface area (Å²) in [5.41, 5.74) is 7.11. The van der Waals surface area contributed by atoms with Crippen LogP contribution in [0.1, 0.15) is 25.5 Å². The van der Waals surface area contributed by atoms with Gasteiger partial charge in [0.15, 0.2) is 0 Å². The molecule has 0 unspecified atom stereocenters. The van der Waals surface area contributed by atoms with Crippen LogP contribution in [0.5, 0.6) is 0 Å². The van der Waals surface area contributed by atoms with Crippen LogP contribution in [0.3, 0.4) is 0 Å². The highest BCUT2D eigenvalue weighted by atomic mass is 79.9. The Morgan fingerprint density at radius 1 is 1.38 bits per heavy atom. The molecule has 0 saturated carbocycles. The van der Waals surface area contributed by atoms with Crippen LogP contribution >= 0.6 is 27.5 Å². The zero-order valence-corrected chi connectivity index (χ0v) is 10.1. The highest BCUT2D eigenvalue weighted by Crippen LogP contribution is 2.27. The SMILES string of the molecule is CC(C)[C@H](N)c1ccc(Cl)c(Br)c1. The number of nitrogens with two attached hydrogens (primary N) is 1. The Bertz CT molecular complexity index is 299. The second-order valence-electron chi connectivity index (χ2n) is 3.44. The topological polar surface area (TPSA) is 26.0 Å². The molecule has 1 aromatic rings. The van der Waals surface area contributed by atoms with Crippen LogP contribution in [-0.2, 0) is 0 Å². The molecule has 13 heavy (non-hydrogen) atoms. The van der Waals surface area contributed by atoms with E-state index in [4.69, 9.17) is 17.3 Å². The van der Waals surface area contributed by atoms with Gasteiger partial charge in [-0.3, -0.25) is 0 Å². The van der Waals surface area contributed by atoms with E-state index >= 15 is 0 Å². The first kappa shape index (κ1) is 11.0. The first-order valence-corrected chi connectivity index (χ1v) is 5.40. The third kappa shape index (κ3) is 2.70. The fraction of sp³-hybridized carbons (Fsp3) is 0.400. The van der Waals surface area contributed by atoms with Crippen molar-refractivity contribution in [2.24, 2.45) is 11.7 Å². The second kappa shape index (κ2) is 4.45. The third-order valence-electron chi connectivity index (χ3n) is 2.05. The molecule has 1 atom stereocenters. The Labute approximate surface area is 92.4 Å². The van der Waals surface area contributed by atoms with Crippen LogP contribution in [0, 0.1) is 5.92 Å². The Balaban J connectivity index is 2.97. The molecule has 2 N–H and O–H groups in total. The van der Waals surface area contributed by atoms with Gasteiger partial charge in [-0.2, -0.15) is 0 Å². The summed E-state index contributed by atoms with van der Waals surface area (Å²) in [5.74, 6) is 0.438. The van der Waals surface area contributed by atoms with Gasteiger partial charge in [-0.1, -0.05) is 31.5 Å². The lowest BCUT2D eigenvalue weighted by Gasteiger charge is -2.16. The van der Waals surface area contributed by atoms with Gasteiger partial charge in [0.05, 0.1) is 5.02 Å². The molecule has 0 aliphatic rings. The molecule has 0 bridgehead atoms. The Kier molecular flexibility index (Phi) is 3.77. The van der Waals surface area contributed by atoms with Crippen molar-refractivity contribution in [1.29, 1.82) is 0 Å². The highest BCUT2D eigenvalue weighted by molar-refractivity contribution is 9.10. The molecule has 72 valence electrons. The van der Waals surface area contributed by atoms with Gasteiger partial charge in [0.1, 0.15) is 0 Å². The van der Waals surface area contributed by atoms with Crippen molar-refractivity contribution in [3.05, 3.63) is 33.3 Å². The van der Waals surface area contributed by atoms with E-state index in [0.717, 1.165) is 15.1 Å². The van der Waals surface area contributed by atoms with Gasteiger partial charge in [-0.15, -0.1) is 0 Å². The quantitative estimate of drug-likeness (QED) is 0.863. The van der Waals surface area contributed by atoms with Gasteiger partial charge in [-0.25, -0.2) is 0 Å². The molecule has 0 aliphatic carbocycles. The number of rotatable bonds is 2. The molecule has 0 radical (unpaired) electrons. The van der Waals surface area contributed by atoms with Crippen LogP contribution < -0.4 is 5.73 Å². The maximum absolute atomic E-state index is 5.99. The monoisotopic (exact) mass is 261 g/mol. The minimum absolute atomic E-state index is 0.0774. The van der Waals surface area contributed by atoms with Crippen LogP contribution in [0.25, 0.3) is 0 Å². The summed E-state index contributed by atoms with van der Waals surface area (Å²) in [6.45, 7) is 4.21. The molecule has 0 aromatic heterocycles. The van der Waals surface area contributed by atoms with Crippen molar-refractivity contribution in [3.63, 3.8) is 0 Å². The van der Waals surface area contributed by atoms with Crippen molar-refractivity contribution in [2.75, 3.05) is 0 Å². The molecule has 0 fully saturated rings. The zero-order valence-electron chi connectivity index (χ0n) is 7.72. The molecule has 3 heteroatoms. The molecule has 0 spiro atoms. The van der Waals surface area contributed by atoms with Crippen molar-refractivity contribution in [2.45, 2.75) is 19.9 Å². The van der Waals surface area contributed by atoms with Crippen molar-refractivity contribution >= 4 is 27.5 Å². The predicted molar refractivity (Wildman–Crippen MR) is 60.9 cm³/mol. The van der Waals surface area contributed by atoms with E-state index in [0.29, 0.717) is 5.92 Å². The predicted octanol–water partition coefficient (Wildman–Crippen LogP) is 3.76. The molecule has 1 aromatic carbocycles. The molecule has 0 heterocycles. The van der Waals surface area contributed by atoms with Gasteiger partial charge in [-0.05, 0) is 39.5 Å². The van der Waals surface area contributed by atoms with Crippen LogP contribution in [0.15, 0.2) is 22.7 Å². The summed E-state index contributed by atoms with van der Waals surface area (Å²) < 4.78 is 0.905. The maximum atomic E-state index is 5.99. The molecular formula is C10H13BrClN. The first-order valence-electron chi connectivity index (χ1n) is 4.23. The summed E-state index contributed by atoms with van der Waals surface area (Å²) in [5, 5.41) is 0.722. The average molecular weight is 263 g/mol. The van der Waals surface area contributed by atoms with Gasteiger partial charge < -0.3 is 5.73 Å². The number of hydrogen-bond donors (Lipinski definition) is 1. The lowest BCUT2D eigenvalue weighted by atomic mass is 9.97. The van der Waals surface area contributed by atoms with Crippen LogP contribution in [0.4, 0.5) is 0 Å². The number of halogens is 2. The van der Waals surface area contributed by atoms with Gasteiger partial charge in [0.2, 0.25) is 0 Å². The van der Waals surface area contributed by atoms with E-state index in [1.54, 1.807) is 0 Å². The fourth-order valence-corrected chi connectivity index (χ4v) is 1.62. The summed E-state index contributed by atoms with van der Waals surface area (Å²) in [6, 6.07) is 5.89. The Hall–Kier alpha value is -0.0500. The molecule has 0 saturated heterocycles. The van der Waals surface area contributed by atoms with Crippen LogP contribution in [-0.4, -0.2) is 0 Å². The summed E-state index contributed by atoms with van der Waals surface area (Å²) in [6.07, 6.45) is 0. The summed E-state index contributed by atoms with van der Waals surface area (Å²) in [7, 11) is 0. The molecule has 1 rings (SSSR count). The van der Waals surface area contributed by atoms with E-state index in [1.165, 1.54) is 0 Å². The van der Waals surface area contributed by atoms with Gasteiger partial charge in [0, 0.05) is 10.5 Å². The number of benzene rings is 1. The first-order chi connectivity index (χ1) is 6.02. The lowest BCUT2D eigenvalue weighted by molar-refractivity contribution is 0.514. The minimum atomic E-state index is 0.0774. The molecule has 1 nitrogen and oxygen atoms in total. The highest BCUT2D eigenvalue weighted by Gasteiger charge is 2.11. The molecular weight excluding hydrogens is 249 g/mol. The van der Waals surface area contributed by atoms with Crippen molar-refractivity contribution < 1.29 is 0 Å². The smallest absolute Gasteiger partial charge is 0.0548 e. The van der Waals surface area contributed by atoms with Crippen molar-refractivity contribution in [3.8, 4) is 0 Å². The van der Waals surface area contributed by atoms with E-state index in [1.807, 2.05) is 18.2 Å². The maximum Gasteiger partial charge on any atom is 0.0548 e. The largest absolute Gasteiger partial charge is 0.324 e. The minimum Gasteiger partial charge on any atom is -0.324 e. The van der Waals surface area contributed by atoms with Gasteiger partial charge >= 0.3 is 0 Å². The molecule has 0 amide bonds. The third-order valence-corrected chi connectivity index (χ3v) is 3.26. The zero-order chi connectivity index (χ0) is 10.0. The summed E-state index contributed by atoms with van der Waals surface area (Å²) >= 11 is 9.25. The van der Waals surface area contributed by atoms with Crippen LogP contribution in [0.2, 0.25) is 5.02 Å². The normalized spacial score (nSPS) is 13.4. The standard InChI is InChI=1S/C10H13BrClN/c1-6(2)10(13)7-3-4-9(12)8(11)5-7/h3-6,10H,13H2,1-2H3/t10-/m0/s1. The average Bonchev–Trinajstić information content (AvgIpc) is 2.08. The summed E-state index contributed by atoms with van der Waals surface area (Å²) in [4.78, 5) is 0.